The largest absolute Gasteiger partial charge is 0.335 e. The van der Waals surface area contributed by atoms with Crippen molar-refractivity contribution in [1.82, 2.24) is 14.8 Å². The van der Waals surface area contributed by atoms with Crippen molar-refractivity contribution in [2.24, 2.45) is 0 Å². The van der Waals surface area contributed by atoms with Gasteiger partial charge in [0.1, 0.15) is 4.88 Å². The van der Waals surface area contributed by atoms with Gasteiger partial charge in [-0.2, -0.15) is 0 Å². The minimum absolute atomic E-state index is 0.0391. The van der Waals surface area contributed by atoms with Crippen LogP contribution in [-0.2, 0) is 6.42 Å². The van der Waals surface area contributed by atoms with Crippen molar-refractivity contribution in [2.45, 2.75) is 6.42 Å². The van der Waals surface area contributed by atoms with Crippen molar-refractivity contribution in [3.63, 3.8) is 0 Å². The van der Waals surface area contributed by atoms with Crippen molar-refractivity contribution in [3.8, 4) is 0 Å². The highest BCUT2D eigenvalue weighted by Gasteiger charge is 2.26. The molecule has 1 amide bonds. The van der Waals surface area contributed by atoms with Gasteiger partial charge in [0.15, 0.2) is 0 Å². The van der Waals surface area contributed by atoms with E-state index in [0.29, 0.717) is 38.4 Å². The molecule has 2 aromatic heterocycles. The fourth-order valence-corrected chi connectivity index (χ4v) is 5.73. The van der Waals surface area contributed by atoms with Gasteiger partial charge in [0, 0.05) is 66.1 Å². The first-order valence-corrected chi connectivity index (χ1v) is 11.0. The van der Waals surface area contributed by atoms with Gasteiger partial charge in [-0.15, -0.1) is 11.3 Å². The summed E-state index contributed by atoms with van der Waals surface area (Å²) in [6.07, 6.45) is 2.73. The lowest BCUT2D eigenvalue weighted by molar-refractivity contribution is 0.0643. The van der Waals surface area contributed by atoms with Crippen molar-refractivity contribution in [2.75, 3.05) is 32.7 Å². The monoisotopic (exact) mass is 453 g/mol. The SMILES string of the molecule is O=C(c1sc2cc(Cl)cc(Cl)c2c1Cl)N1CCN(CCc2ccccn2)CC1. The van der Waals surface area contributed by atoms with Crippen LogP contribution in [0.15, 0.2) is 36.5 Å². The number of hydrogen-bond donors (Lipinski definition) is 0. The van der Waals surface area contributed by atoms with Gasteiger partial charge in [-0.1, -0.05) is 40.9 Å². The van der Waals surface area contributed by atoms with Crippen molar-refractivity contribution < 1.29 is 4.79 Å². The van der Waals surface area contributed by atoms with Crippen LogP contribution in [0.1, 0.15) is 15.4 Å². The number of rotatable bonds is 4. The van der Waals surface area contributed by atoms with E-state index >= 15 is 0 Å². The molecular weight excluding hydrogens is 437 g/mol. The molecule has 1 saturated heterocycles. The molecule has 4 rings (SSSR count). The lowest BCUT2D eigenvalue weighted by atomic mass is 10.2. The van der Waals surface area contributed by atoms with Crippen LogP contribution in [0.5, 0.6) is 0 Å². The maximum absolute atomic E-state index is 13.0. The van der Waals surface area contributed by atoms with Crippen molar-refractivity contribution in [1.29, 1.82) is 0 Å². The highest BCUT2D eigenvalue weighted by molar-refractivity contribution is 7.21. The summed E-state index contributed by atoms with van der Waals surface area (Å²) in [7, 11) is 0. The molecule has 1 aliphatic rings. The van der Waals surface area contributed by atoms with Crippen LogP contribution in [0.2, 0.25) is 15.1 Å². The Bertz CT molecular complexity index is 1000. The van der Waals surface area contributed by atoms with Crippen molar-refractivity contribution >= 4 is 62.1 Å². The molecular formula is C20H18Cl3N3OS. The number of pyridine rings is 1. The molecule has 8 heteroatoms. The Morgan fingerprint density at radius 2 is 1.89 bits per heavy atom. The summed E-state index contributed by atoms with van der Waals surface area (Å²) in [4.78, 5) is 22.1. The molecule has 146 valence electrons. The molecule has 0 unspecified atom stereocenters. The number of aromatic nitrogens is 1. The van der Waals surface area contributed by atoms with E-state index in [2.05, 4.69) is 9.88 Å². The molecule has 0 saturated carbocycles. The highest BCUT2D eigenvalue weighted by atomic mass is 35.5. The van der Waals surface area contributed by atoms with Gasteiger partial charge in [0.2, 0.25) is 0 Å². The van der Waals surface area contributed by atoms with E-state index < -0.39 is 0 Å². The molecule has 3 aromatic rings. The fraction of sp³-hybridized carbons (Fsp3) is 0.300. The maximum atomic E-state index is 13.0. The first-order chi connectivity index (χ1) is 13.5. The van der Waals surface area contributed by atoms with E-state index in [1.165, 1.54) is 11.3 Å². The quantitative estimate of drug-likeness (QED) is 0.540. The number of piperazine rings is 1. The molecule has 1 aromatic carbocycles. The van der Waals surface area contributed by atoms with E-state index in [4.69, 9.17) is 34.8 Å². The lowest BCUT2D eigenvalue weighted by Gasteiger charge is -2.34. The van der Waals surface area contributed by atoms with Crippen LogP contribution >= 0.6 is 46.1 Å². The van der Waals surface area contributed by atoms with Crippen LogP contribution in [0.4, 0.5) is 0 Å². The van der Waals surface area contributed by atoms with Gasteiger partial charge in [0.05, 0.1) is 10.0 Å². The van der Waals surface area contributed by atoms with E-state index in [-0.39, 0.29) is 5.91 Å². The molecule has 0 spiro atoms. The second kappa shape index (κ2) is 8.56. The Labute approximate surface area is 182 Å². The number of halogens is 3. The standard InChI is InChI=1S/C20H18Cl3N3OS/c21-13-11-15(22)17-16(12-13)28-19(18(17)23)20(27)26-9-7-25(8-10-26)6-4-14-3-1-2-5-24-14/h1-3,5,11-12H,4,6-10H2. The Kier molecular flexibility index (Phi) is 6.09. The zero-order chi connectivity index (χ0) is 19.7. The number of benzene rings is 1. The van der Waals surface area contributed by atoms with Crippen LogP contribution in [-0.4, -0.2) is 53.4 Å². The van der Waals surface area contributed by atoms with E-state index in [1.54, 1.807) is 12.1 Å². The van der Waals surface area contributed by atoms with Gasteiger partial charge in [-0.3, -0.25) is 14.7 Å². The van der Waals surface area contributed by atoms with Gasteiger partial charge in [-0.05, 0) is 24.3 Å². The lowest BCUT2D eigenvalue weighted by Crippen LogP contribution is -2.49. The number of thiophene rings is 1. The number of hydrogen-bond acceptors (Lipinski definition) is 4. The normalized spacial score (nSPS) is 15.3. The minimum atomic E-state index is -0.0391. The summed E-state index contributed by atoms with van der Waals surface area (Å²) in [5, 5.41) is 2.14. The van der Waals surface area contributed by atoms with E-state index in [1.807, 2.05) is 29.3 Å². The molecule has 0 radical (unpaired) electrons. The molecule has 0 N–H and O–H groups in total. The molecule has 1 aliphatic heterocycles. The molecule has 28 heavy (non-hydrogen) atoms. The third kappa shape index (κ3) is 4.14. The Balaban J connectivity index is 1.41. The Morgan fingerprint density at radius 1 is 1.11 bits per heavy atom. The third-order valence-electron chi connectivity index (χ3n) is 4.91. The number of amides is 1. The molecule has 1 fully saturated rings. The molecule has 0 aliphatic carbocycles. The van der Waals surface area contributed by atoms with Crippen LogP contribution in [0.3, 0.4) is 0 Å². The Hall–Kier alpha value is -1.37. The number of carbonyl (C=O) groups excluding carboxylic acids is 1. The molecule has 0 bridgehead atoms. The summed E-state index contributed by atoms with van der Waals surface area (Å²) >= 11 is 20.2. The summed E-state index contributed by atoms with van der Waals surface area (Å²) in [6, 6.07) is 9.42. The van der Waals surface area contributed by atoms with Gasteiger partial charge >= 0.3 is 0 Å². The van der Waals surface area contributed by atoms with Gasteiger partial charge in [-0.25, -0.2) is 0 Å². The number of carbonyl (C=O) groups is 1. The third-order valence-corrected chi connectivity index (χ3v) is 7.04. The average molecular weight is 455 g/mol. The zero-order valence-electron chi connectivity index (χ0n) is 15.0. The molecule has 4 nitrogen and oxygen atoms in total. The molecule has 0 atom stereocenters. The second-order valence-corrected chi connectivity index (χ2v) is 8.98. The molecule has 3 heterocycles. The predicted octanol–water partition coefficient (Wildman–Crippen LogP) is 5.26. The van der Waals surface area contributed by atoms with Crippen LogP contribution < -0.4 is 0 Å². The predicted molar refractivity (Wildman–Crippen MR) is 117 cm³/mol. The van der Waals surface area contributed by atoms with Crippen LogP contribution in [0.25, 0.3) is 10.1 Å². The first-order valence-electron chi connectivity index (χ1n) is 9.01. The second-order valence-electron chi connectivity index (χ2n) is 6.71. The first kappa shape index (κ1) is 19.9. The summed E-state index contributed by atoms with van der Waals surface area (Å²) in [5.74, 6) is -0.0391. The smallest absolute Gasteiger partial charge is 0.265 e. The maximum Gasteiger partial charge on any atom is 0.265 e. The highest BCUT2D eigenvalue weighted by Crippen LogP contribution is 2.41. The zero-order valence-corrected chi connectivity index (χ0v) is 18.1. The van der Waals surface area contributed by atoms with Crippen LogP contribution in [0, 0.1) is 0 Å². The van der Waals surface area contributed by atoms with Crippen molar-refractivity contribution in [3.05, 3.63) is 62.2 Å². The number of fused-ring (bicyclic) bond motifs is 1. The van der Waals surface area contributed by atoms with Gasteiger partial charge < -0.3 is 4.90 Å². The van der Waals surface area contributed by atoms with E-state index in [0.717, 1.165) is 36.4 Å². The summed E-state index contributed by atoms with van der Waals surface area (Å²) in [5.41, 5.74) is 1.09. The fourth-order valence-electron chi connectivity index (χ4n) is 3.39. The Morgan fingerprint density at radius 3 is 2.61 bits per heavy atom. The number of nitrogens with zero attached hydrogens (tertiary/aromatic N) is 3. The van der Waals surface area contributed by atoms with E-state index in [9.17, 15) is 4.79 Å². The summed E-state index contributed by atoms with van der Waals surface area (Å²) in [6.45, 7) is 3.98. The summed E-state index contributed by atoms with van der Waals surface area (Å²) < 4.78 is 0.833. The average Bonchev–Trinajstić information content (AvgIpc) is 3.03. The minimum Gasteiger partial charge on any atom is -0.335 e. The van der Waals surface area contributed by atoms with Gasteiger partial charge in [0.25, 0.3) is 5.91 Å². The topological polar surface area (TPSA) is 36.4 Å².